The minimum absolute atomic E-state index is 0.601. The second-order valence-corrected chi connectivity index (χ2v) is 4.31. The van der Waals surface area contributed by atoms with Crippen LogP contribution >= 0.6 is 0 Å². The van der Waals surface area contributed by atoms with Crippen LogP contribution in [0.1, 0.15) is 37.2 Å². The summed E-state index contributed by atoms with van der Waals surface area (Å²) in [5.74, 6) is 0. The number of aryl methyl sites for hydroxylation is 3. The zero-order chi connectivity index (χ0) is 10.6. The third kappa shape index (κ3) is 3.54. The molecule has 0 atom stereocenters. The van der Waals surface area contributed by atoms with Crippen LogP contribution in [0.2, 0.25) is 0 Å². The molecule has 14 heavy (non-hydrogen) atoms. The van der Waals surface area contributed by atoms with Crippen molar-refractivity contribution >= 4 is 0 Å². The van der Waals surface area contributed by atoms with Crippen molar-refractivity contribution in [2.24, 2.45) is 0 Å². The first-order valence-electron chi connectivity index (χ1n) is 5.48. The lowest BCUT2D eigenvalue weighted by Crippen LogP contribution is -2.23. The molecule has 2 heteroatoms. The van der Waals surface area contributed by atoms with Gasteiger partial charge < -0.3 is 10.3 Å². The van der Waals surface area contributed by atoms with Crippen molar-refractivity contribution in [1.29, 1.82) is 0 Å². The third-order valence-electron chi connectivity index (χ3n) is 2.43. The fourth-order valence-electron chi connectivity index (χ4n) is 1.71. The van der Waals surface area contributed by atoms with E-state index >= 15 is 0 Å². The topological polar surface area (TPSA) is 27.8 Å². The summed E-state index contributed by atoms with van der Waals surface area (Å²) in [6.45, 7) is 9.75. The Morgan fingerprint density at radius 2 is 2.07 bits per heavy atom. The van der Waals surface area contributed by atoms with Crippen LogP contribution in [0, 0.1) is 13.8 Å². The molecule has 80 valence electrons. The van der Waals surface area contributed by atoms with Gasteiger partial charge in [0.2, 0.25) is 0 Å². The quantitative estimate of drug-likeness (QED) is 0.693. The van der Waals surface area contributed by atoms with Gasteiger partial charge in [0.1, 0.15) is 0 Å². The summed E-state index contributed by atoms with van der Waals surface area (Å²) in [7, 11) is 0. The van der Waals surface area contributed by atoms with Crippen LogP contribution in [0.4, 0.5) is 0 Å². The van der Waals surface area contributed by atoms with Gasteiger partial charge in [0, 0.05) is 17.4 Å². The van der Waals surface area contributed by atoms with Gasteiger partial charge in [-0.15, -0.1) is 0 Å². The predicted octanol–water partition coefficient (Wildman–Crippen LogP) is 2.56. The summed E-state index contributed by atoms with van der Waals surface area (Å²) in [6, 6.07) is 2.86. The van der Waals surface area contributed by atoms with Crippen LogP contribution in [-0.4, -0.2) is 17.6 Å². The Labute approximate surface area is 87.1 Å². The molecule has 0 radical (unpaired) electrons. The van der Waals surface area contributed by atoms with E-state index < -0.39 is 0 Å². The minimum atomic E-state index is 0.601. The van der Waals surface area contributed by atoms with Crippen LogP contribution in [0.15, 0.2) is 6.07 Å². The van der Waals surface area contributed by atoms with Gasteiger partial charge in [-0.25, -0.2) is 0 Å². The van der Waals surface area contributed by atoms with Crippen LogP contribution in [0.3, 0.4) is 0 Å². The summed E-state index contributed by atoms with van der Waals surface area (Å²) < 4.78 is 0. The summed E-state index contributed by atoms with van der Waals surface area (Å²) in [4.78, 5) is 3.34. The Bertz CT molecular complexity index is 274. The van der Waals surface area contributed by atoms with Gasteiger partial charge in [0.05, 0.1) is 0 Å². The highest BCUT2D eigenvalue weighted by Crippen LogP contribution is 2.10. The largest absolute Gasteiger partial charge is 0.362 e. The Balaban J connectivity index is 2.28. The lowest BCUT2D eigenvalue weighted by molar-refractivity contribution is 0.570. The molecule has 2 N–H and O–H groups in total. The highest BCUT2D eigenvalue weighted by molar-refractivity contribution is 5.24. The van der Waals surface area contributed by atoms with Crippen LogP contribution in [0.25, 0.3) is 0 Å². The fourth-order valence-corrected chi connectivity index (χ4v) is 1.71. The molecule has 0 aliphatic heterocycles. The maximum atomic E-state index is 3.43. The molecule has 0 aromatic carbocycles. The van der Waals surface area contributed by atoms with Crippen molar-refractivity contribution in [3.8, 4) is 0 Å². The molecular formula is C12H22N2. The molecule has 2 nitrogen and oxygen atoms in total. The number of aromatic nitrogens is 1. The van der Waals surface area contributed by atoms with Crippen LogP contribution in [0.5, 0.6) is 0 Å². The summed E-state index contributed by atoms with van der Waals surface area (Å²) in [6.07, 6.45) is 2.40. The molecule has 0 aliphatic rings. The van der Waals surface area contributed by atoms with Gasteiger partial charge in [0.25, 0.3) is 0 Å². The first-order valence-corrected chi connectivity index (χ1v) is 5.48. The second-order valence-electron chi connectivity index (χ2n) is 4.31. The molecule has 0 aliphatic carbocycles. The molecule has 1 aromatic rings. The van der Waals surface area contributed by atoms with Crippen molar-refractivity contribution in [3.63, 3.8) is 0 Å². The van der Waals surface area contributed by atoms with Gasteiger partial charge in [-0.1, -0.05) is 13.8 Å². The third-order valence-corrected chi connectivity index (χ3v) is 2.43. The van der Waals surface area contributed by atoms with E-state index in [1.807, 2.05) is 0 Å². The number of rotatable bonds is 5. The summed E-state index contributed by atoms with van der Waals surface area (Å²) in [5.41, 5.74) is 4.06. The number of hydrogen-bond donors (Lipinski definition) is 2. The van der Waals surface area contributed by atoms with E-state index in [1.54, 1.807) is 0 Å². The number of aromatic amines is 1. The molecule has 0 amide bonds. The van der Waals surface area contributed by atoms with E-state index in [1.165, 1.54) is 29.8 Å². The van der Waals surface area contributed by atoms with E-state index in [0.29, 0.717) is 6.04 Å². The molecule has 0 unspecified atom stereocenters. The van der Waals surface area contributed by atoms with Gasteiger partial charge in [-0.3, -0.25) is 0 Å². The van der Waals surface area contributed by atoms with Gasteiger partial charge >= 0.3 is 0 Å². The van der Waals surface area contributed by atoms with E-state index in [9.17, 15) is 0 Å². The number of hydrogen-bond acceptors (Lipinski definition) is 1. The maximum Gasteiger partial charge on any atom is 0.0150 e. The standard InChI is InChI=1S/C12H22N2/c1-9(2)13-7-5-6-12-8-10(3)14-11(12)4/h8-9,13-14H,5-7H2,1-4H3. The average molecular weight is 194 g/mol. The number of H-pyrrole nitrogens is 1. The first kappa shape index (κ1) is 11.3. The first-order chi connectivity index (χ1) is 6.59. The highest BCUT2D eigenvalue weighted by Gasteiger charge is 2.01. The Kier molecular flexibility index (Phi) is 4.21. The van der Waals surface area contributed by atoms with Gasteiger partial charge in [-0.05, 0) is 44.9 Å². The van der Waals surface area contributed by atoms with E-state index in [2.05, 4.69) is 44.1 Å². The van der Waals surface area contributed by atoms with Crippen molar-refractivity contribution < 1.29 is 0 Å². The zero-order valence-electron chi connectivity index (χ0n) is 9.78. The highest BCUT2D eigenvalue weighted by atomic mass is 14.9. The zero-order valence-corrected chi connectivity index (χ0v) is 9.78. The molecule has 0 bridgehead atoms. The van der Waals surface area contributed by atoms with E-state index in [-0.39, 0.29) is 0 Å². The molecule has 0 spiro atoms. The van der Waals surface area contributed by atoms with E-state index in [0.717, 1.165) is 6.54 Å². The smallest absolute Gasteiger partial charge is 0.0150 e. The number of nitrogens with one attached hydrogen (secondary N) is 2. The van der Waals surface area contributed by atoms with Crippen LogP contribution in [-0.2, 0) is 6.42 Å². The Hall–Kier alpha value is -0.760. The van der Waals surface area contributed by atoms with Crippen molar-refractivity contribution in [1.82, 2.24) is 10.3 Å². The molecule has 1 rings (SSSR count). The molecule has 0 saturated carbocycles. The predicted molar refractivity (Wildman–Crippen MR) is 61.7 cm³/mol. The minimum Gasteiger partial charge on any atom is -0.362 e. The molecule has 1 heterocycles. The summed E-state index contributed by atoms with van der Waals surface area (Å²) in [5, 5.41) is 3.43. The van der Waals surface area contributed by atoms with Gasteiger partial charge in [-0.2, -0.15) is 0 Å². The lowest BCUT2D eigenvalue weighted by atomic mass is 10.1. The van der Waals surface area contributed by atoms with Crippen molar-refractivity contribution in [3.05, 3.63) is 23.0 Å². The molecule has 1 aromatic heterocycles. The lowest BCUT2D eigenvalue weighted by Gasteiger charge is -2.07. The summed E-state index contributed by atoms with van der Waals surface area (Å²) >= 11 is 0. The van der Waals surface area contributed by atoms with Crippen molar-refractivity contribution in [2.45, 2.75) is 46.6 Å². The maximum absolute atomic E-state index is 3.43. The molecule has 0 fully saturated rings. The SMILES string of the molecule is Cc1cc(CCCNC(C)C)c(C)[nH]1. The van der Waals surface area contributed by atoms with Gasteiger partial charge in [0.15, 0.2) is 0 Å². The monoisotopic (exact) mass is 194 g/mol. The van der Waals surface area contributed by atoms with Crippen LogP contribution < -0.4 is 5.32 Å². The second kappa shape index (κ2) is 5.20. The molecule has 0 saturated heterocycles. The van der Waals surface area contributed by atoms with Crippen molar-refractivity contribution in [2.75, 3.05) is 6.54 Å². The average Bonchev–Trinajstić information content (AvgIpc) is 2.39. The molecular weight excluding hydrogens is 172 g/mol. The van der Waals surface area contributed by atoms with E-state index in [4.69, 9.17) is 0 Å². The fraction of sp³-hybridized carbons (Fsp3) is 0.667. The Morgan fingerprint density at radius 3 is 2.57 bits per heavy atom. The Morgan fingerprint density at radius 1 is 1.36 bits per heavy atom. The normalized spacial score (nSPS) is 11.2.